The normalized spacial score (nSPS) is 12.2. The van der Waals surface area contributed by atoms with Crippen LogP contribution in [0.25, 0.3) is 0 Å². The Labute approximate surface area is 145 Å². The van der Waals surface area contributed by atoms with Crippen molar-refractivity contribution in [3.05, 3.63) is 41.7 Å². The SMILES string of the molecule is CC(C)[C@@H](Sc1nnc(Cc2ccccc2)n1C)C(=O)NC(N)=O. The van der Waals surface area contributed by atoms with Gasteiger partial charge in [0.25, 0.3) is 0 Å². The zero-order valence-corrected chi connectivity index (χ0v) is 14.7. The molecule has 1 atom stereocenters. The lowest BCUT2D eigenvalue weighted by molar-refractivity contribution is -0.120. The van der Waals surface area contributed by atoms with Crippen molar-refractivity contribution in [2.45, 2.75) is 30.7 Å². The number of nitrogens with zero attached hydrogens (tertiary/aromatic N) is 3. The van der Waals surface area contributed by atoms with Crippen LogP contribution in [0.4, 0.5) is 4.79 Å². The fraction of sp³-hybridized carbons (Fsp3) is 0.375. The van der Waals surface area contributed by atoms with Crippen molar-refractivity contribution in [2.75, 3.05) is 0 Å². The van der Waals surface area contributed by atoms with Crippen molar-refractivity contribution in [1.29, 1.82) is 0 Å². The summed E-state index contributed by atoms with van der Waals surface area (Å²) in [5, 5.41) is 10.7. The van der Waals surface area contributed by atoms with Gasteiger partial charge in [0.05, 0.1) is 5.25 Å². The molecule has 1 aromatic carbocycles. The van der Waals surface area contributed by atoms with Gasteiger partial charge in [-0.05, 0) is 11.5 Å². The van der Waals surface area contributed by atoms with Crippen molar-refractivity contribution < 1.29 is 9.59 Å². The second kappa shape index (κ2) is 7.96. The summed E-state index contributed by atoms with van der Waals surface area (Å²) in [7, 11) is 1.87. The molecule has 8 heteroatoms. The number of imide groups is 1. The molecule has 0 spiro atoms. The van der Waals surface area contributed by atoms with E-state index in [0.29, 0.717) is 11.6 Å². The summed E-state index contributed by atoms with van der Waals surface area (Å²) >= 11 is 1.27. The number of amides is 3. The van der Waals surface area contributed by atoms with Crippen molar-refractivity contribution in [2.24, 2.45) is 18.7 Å². The van der Waals surface area contributed by atoms with Gasteiger partial charge >= 0.3 is 6.03 Å². The molecule has 1 heterocycles. The maximum atomic E-state index is 12.1. The first kappa shape index (κ1) is 18.0. The van der Waals surface area contributed by atoms with E-state index in [1.165, 1.54) is 11.8 Å². The average molecular weight is 347 g/mol. The summed E-state index contributed by atoms with van der Waals surface area (Å²) in [6, 6.07) is 9.12. The van der Waals surface area contributed by atoms with Gasteiger partial charge in [-0.25, -0.2) is 4.79 Å². The van der Waals surface area contributed by atoms with Crippen LogP contribution in [0.5, 0.6) is 0 Å². The number of primary amides is 1. The minimum Gasteiger partial charge on any atom is -0.351 e. The standard InChI is InChI=1S/C16H21N5O2S/c1-10(2)13(14(22)18-15(17)23)24-16-20-19-12(21(16)3)9-11-7-5-4-6-8-11/h4-8,10,13H,9H2,1-3H3,(H3,17,18,22,23)/t13-/m1/s1. The molecule has 2 aromatic rings. The Morgan fingerprint density at radius 2 is 1.92 bits per heavy atom. The monoisotopic (exact) mass is 347 g/mol. The van der Waals surface area contributed by atoms with Gasteiger partial charge < -0.3 is 10.3 Å². The quantitative estimate of drug-likeness (QED) is 0.775. The first-order chi connectivity index (χ1) is 11.4. The molecule has 2 rings (SSSR count). The lowest BCUT2D eigenvalue weighted by Crippen LogP contribution is -2.42. The van der Waals surface area contributed by atoms with Crippen LogP contribution in [0.3, 0.4) is 0 Å². The highest BCUT2D eigenvalue weighted by molar-refractivity contribution is 8.00. The number of hydrogen-bond donors (Lipinski definition) is 2. The van der Waals surface area contributed by atoms with E-state index in [-0.39, 0.29) is 5.92 Å². The summed E-state index contributed by atoms with van der Waals surface area (Å²) in [4.78, 5) is 23.0. The molecule has 0 aliphatic rings. The number of carbonyl (C=O) groups excluding carboxylic acids is 2. The molecule has 0 saturated heterocycles. The maximum absolute atomic E-state index is 12.1. The summed E-state index contributed by atoms with van der Waals surface area (Å²) in [5.41, 5.74) is 6.17. The molecule has 128 valence electrons. The molecule has 0 saturated carbocycles. The van der Waals surface area contributed by atoms with Gasteiger partial charge in [-0.1, -0.05) is 55.9 Å². The lowest BCUT2D eigenvalue weighted by Gasteiger charge is -2.18. The highest BCUT2D eigenvalue weighted by Crippen LogP contribution is 2.27. The molecule has 7 nitrogen and oxygen atoms in total. The topological polar surface area (TPSA) is 103 Å². The third kappa shape index (κ3) is 4.58. The molecule has 3 amide bonds. The molecule has 0 radical (unpaired) electrons. The Morgan fingerprint density at radius 3 is 2.50 bits per heavy atom. The summed E-state index contributed by atoms with van der Waals surface area (Å²) < 4.78 is 1.87. The van der Waals surface area contributed by atoms with Crippen molar-refractivity contribution in [1.82, 2.24) is 20.1 Å². The van der Waals surface area contributed by atoms with E-state index in [1.807, 2.05) is 55.8 Å². The van der Waals surface area contributed by atoms with Crippen LogP contribution in [-0.2, 0) is 18.3 Å². The summed E-state index contributed by atoms with van der Waals surface area (Å²) in [6.45, 7) is 3.80. The van der Waals surface area contributed by atoms with Crippen LogP contribution in [0.1, 0.15) is 25.2 Å². The van der Waals surface area contributed by atoms with E-state index < -0.39 is 17.2 Å². The molecule has 24 heavy (non-hydrogen) atoms. The Bertz CT molecular complexity index is 715. The molecule has 0 bridgehead atoms. The number of rotatable bonds is 6. The fourth-order valence-corrected chi connectivity index (χ4v) is 3.20. The highest BCUT2D eigenvalue weighted by atomic mass is 32.2. The van der Waals surface area contributed by atoms with E-state index >= 15 is 0 Å². The molecule has 0 aliphatic heterocycles. The number of hydrogen-bond acceptors (Lipinski definition) is 5. The van der Waals surface area contributed by atoms with Gasteiger partial charge in [0.2, 0.25) is 5.91 Å². The van der Waals surface area contributed by atoms with E-state index in [4.69, 9.17) is 5.73 Å². The predicted molar refractivity (Wildman–Crippen MR) is 92.5 cm³/mol. The molecule has 0 aliphatic carbocycles. The van der Waals surface area contributed by atoms with Gasteiger partial charge in [0.15, 0.2) is 5.16 Å². The van der Waals surface area contributed by atoms with Gasteiger partial charge in [-0.3, -0.25) is 10.1 Å². The minimum absolute atomic E-state index is 0.00335. The van der Waals surface area contributed by atoms with Crippen molar-refractivity contribution >= 4 is 23.7 Å². The maximum Gasteiger partial charge on any atom is 0.318 e. The number of aromatic nitrogens is 3. The number of urea groups is 1. The fourth-order valence-electron chi connectivity index (χ4n) is 2.18. The first-order valence-electron chi connectivity index (χ1n) is 7.57. The second-order valence-electron chi connectivity index (χ2n) is 5.76. The van der Waals surface area contributed by atoms with E-state index in [2.05, 4.69) is 15.5 Å². The van der Waals surface area contributed by atoms with Crippen LogP contribution < -0.4 is 11.1 Å². The molecule has 3 N–H and O–H groups in total. The molecular weight excluding hydrogens is 326 g/mol. The summed E-state index contributed by atoms with van der Waals surface area (Å²) in [5.74, 6) is 0.389. The van der Waals surface area contributed by atoms with E-state index in [9.17, 15) is 9.59 Å². The van der Waals surface area contributed by atoms with Crippen molar-refractivity contribution in [3.8, 4) is 0 Å². The summed E-state index contributed by atoms with van der Waals surface area (Å²) in [6.07, 6.45) is 0.657. The van der Waals surface area contributed by atoms with Gasteiger partial charge in [0.1, 0.15) is 5.82 Å². The third-order valence-corrected chi connectivity index (χ3v) is 5.05. The number of benzene rings is 1. The molecule has 0 unspecified atom stereocenters. The Balaban J connectivity index is 2.14. The van der Waals surface area contributed by atoms with Crippen LogP contribution in [0.2, 0.25) is 0 Å². The highest BCUT2D eigenvalue weighted by Gasteiger charge is 2.27. The predicted octanol–water partition coefficient (Wildman–Crippen LogP) is 1.72. The Morgan fingerprint density at radius 1 is 1.25 bits per heavy atom. The van der Waals surface area contributed by atoms with E-state index in [0.717, 1.165) is 11.4 Å². The number of nitrogens with two attached hydrogens (primary N) is 1. The number of carbonyl (C=O) groups is 2. The Kier molecular flexibility index (Phi) is 5.97. The Hall–Kier alpha value is -2.35. The van der Waals surface area contributed by atoms with Gasteiger partial charge in [-0.2, -0.15) is 0 Å². The zero-order valence-electron chi connectivity index (χ0n) is 13.9. The molecule has 0 fully saturated rings. The average Bonchev–Trinajstić information content (AvgIpc) is 2.85. The minimum atomic E-state index is -0.853. The smallest absolute Gasteiger partial charge is 0.318 e. The lowest BCUT2D eigenvalue weighted by atomic mass is 10.1. The number of nitrogens with one attached hydrogen (secondary N) is 1. The number of thioether (sulfide) groups is 1. The van der Waals surface area contributed by atoms with Crippen LogP contribution in [0.15, 0.2) is 35.5 Å². The van der Waals surface area contributed by atoms with Crippen LogP contribution in [0, 0.1) is 5.92 Å². The zero-order chi connectivity index (χ0) is 17.7. The van der Waals surface area contributed by atoms with Gasteiger partial charge in [-0.15, -0.1) is 10.2 Å². The molecule has 1 aromatic heterocycles. The van der Waals surface area contributed by atoms with E-state index in [1.54, 1.807) is 0 Å². The second-order valence-corrected chi connectivity index (χ2v) is 6.86. The van der Waals surface area contributed by atoms with Crippen LogP contribution in [-0.4, -0.2) is 32.0 Å². The third-order valence-electron chi connectivity index (χ3n) is 3.47. The van der Waals surface area contributed by atoms with Gasteiger partial charge in [0, 0.05) is 13.5 Å². The van der Waals surface area contributed by atoms with Crippen molar-refractivity contribution in [3.63, 3.8) is 0 Å². The van der Waals surface area contributed by atoms with Crippen LogP contribution >= 0.6 is 11.8 Å². The first-order valence-corrected chi connectivity index (χ1v) is 8.45. The largest absolute Gasteiger partial charge is 0.351 e. The molecular formula is C16H21N5O2S.